The van der Waals surface area contributed by atoms with E-state index in [1.165, 1.54) is 18.2 Å². The molecule has 0 unspecified atom stereocenters. The lowest BCUT2D eigenvalue weighted by atomic mass is 10.1. The van der Waals surface area contributed by atoms with Crippen molar-refractivity contribution in [2.75, 3.05) is 11.9 Å². The normalized spacial score (nSPS) is 9.96. The molecule has 2 aromatic rings. The fraction of sp³-hybridized carbons (Fsp3) is 0.200. The first-order chi connectivity index (χ1) is 12.9. The van der Waals surface area contributed by atoms with Crippen LogP contribution in [-0.4, -0.2) is 24.3 Å². The number of ether oxygens (including phenoxy) is 1. The van der Waals surface area contributed by atoms with Crippen molar-refractivity contribution in [1.82, 2.24) is 0 Å². The van der Waals surface area contributed by atoms with Gasteiger partial charge in [0.25, 0.3) is 5.91 Å². The maximum Gasteiger partial charge on any atom is 0.306 e. The van der Waals surface area contributed by atoms with Gasteiger partial charge in [-0.1, -0.05) is 41.4 Å². The standard InChI is InChI=1S/C20H17ClN2O4/c1-13-2-4-14(5-3-13)18(24)8-9-20(26)27-12-19(25)23-16-7-6-15(11-22)17(21)10-16/h2-7,10H,8-9,12H2,1H3,(H,23,25). The van der Waals surface area contributed by atoms with Gasteiger partial charge in [0.2, 0.25) is 0 Å². The number of nitriles is 1. The number of halogens is 1. The number of benzene rings is 2. The molecule has 0 saturated carbocycles. The lowest BCUT2D eigenvalue weighted by Gasteiger charge is -2.07. The molecule has 2 rings (SSSR count). The number of carbonyl (C=O) groups excluding carboxylic acids is 3. The van der Waals surface area contributed by atoms with Crippen LogP contribution in [0.1, 0.15) is 34.3 Å². The number of aryl methyl sites for hydroxylation is 1. The first-order valence-electron chi connectivity index (χ1n) is 8.14. The van der Waals surface area contributed by atoms with Gasteiger partial charge >= 0.3 is 5.97 Å². The van der Waals surface area contributed by atoms with Gasteiger partial charge in [0.15, 0.2) is 12.4 Å². The number of nitrogens with zero attached hydrogens (tertiary/aromatic N) is 1. The number of amides is 1. The fourth-order valence-electron chi connectivity index (χ4n) is 2.20. The highest BCUT2D eigenvalue weighted by Gasteiger charge is 2.12. The summed E-state index contributed by atoms with van der Waals surface area (Å²) in [6.07, 6.45) is -0.0998. The van der Waals surface area contributed by atoms with Crippen molar-refractivity contribution in [2.24, 2.45) is 0 Å². The average molecular weight is 385 g/mol. The number of ketones is 1. The Morgan fingerprint density at radius 3 is 2.44 bits per heavy atom. The van der Waals surface area contributed by atoms with Crippen LogP contribution in [0.2, 0.25) is 5.02 Å². The Bertz CT molecular complexity index is 901. The lowest BCUT2D eigenvalue weighted by molar-refractivity contribution is -0.147. The van der Waals surface area contributed by atoms with Crippen molar-refractivity contribution in [2.45, 2.75) is 19.8 Å². The molecule has 0 spiro atoms. The summed E-state index contributed by atoms with van der Waals surface area (Å²) in [6, 6.07) is 13.4. The van der Waals surface area contributed by atoms with Gasteiger partial charge in [0, 0.05) is 17.7 Å². The van der Waals surface area contributed by atoms with Crippen LogP contribution in [0.25, 0.3) is 0 Å². The van der Waals surface area contributed by atoms with Crippen LogP contribution < -0.4 is 5.32 Å². The quantitative estimate of drug-likeness (QED) is 0.580. The minimum Gasteiger partial charge on any atom is -0.456 e. The smallest absolute Gasteiger partial charge is 0.306 e. The molecule has 0 aliphatic carbocycles. The van der Waals surface area contributed by atoms with Gasteiger partial charge in [-0.3, -0.25) is 14.4 Å². The van der Waals surface area contributed by atoms with Crippen LogP contribution in [0.3, 0.4) is 0 Å². The van der Waals surface area contributed by atoms with E-state index in [-0.39, 0.29) is 23.6 Å². The van der Waals surface area contributed by atoms with Crippen LogP contribution in [0, 0.1) is 18.3 Å². The van der Waals surface area contributed by atoms with Crippen LogP contribution in [-0.2, 0) is 14.3 Å². The monoisotopic (exact) mass is 384 g/mol. The summed E-state index contributed by atoms with van der Waals surface area (Å²) in [5.41, 5.74) is 2.25. The molecule has 7 heteroatoms. The molecule has 6 nitrogen and oxygen atoms in total. The van der Waals surface area contributed by atoms with Gasteiger partial charge < -0.3 is 10.1 Å². The van der Waals surface area contributed by atoms with Gasteiger partial charge in [-0.15, -0.1) is 0 Å². The Balaban J connectivity index is 1.75. The summed E-state index contributed by atoms with van der Waals surface area (Å²) in [4.78, 5) is 35.5. The van der Waals surface area contributed by atoms with E-state index >= 15 is 0 Å². The number of rotatable bonds is 7. The summed E-state index contributed by atoms with van der Waals surface area (Å²) >= 11 is 5.88. The van der Waals surface area contributed by atoms with E-state index in [9.17, 15) is 14.4 Å². The van der Waals surface area contributed by atoms with Crippen molar-refractivity contribution in [1.29, 1.82) is 5.26 Å². The van der Waals surface area contributed by atoms with Crippen LogP contribution in [0.15, 0.2) is 42.5 Å². The predicted octanol–water partition coefficient (Wildman–Crippen LogP) is 3.66. The van der Waals surface area contributed by atoms with E-state index in [0.29, 0.717) is 16.8 Å². The molecule has 0 bridgehead atoms. The molecule has 1 N–H and O–H groups in total. The first kappa shape index (κ1) is 20.1. The summed E-state index contributed by atoms with van der Waals surface area (Å²) in [5.74, 6) is -1.35. The molecule has 0 saturated heterocycles. The van der Waals surface area contributed by atoms with Gasteiger partial charge in [-0.05, 0) is 25.1 Å². The number of carbonyl (C=O) groups is 3. The molecule has 0 aromatic heterocycles. The summed E-state index contributed by atoms with van der Waals surface area (Å²) in [7, 11) is 0. The van der Waals surface area contributed by atoms with Gasteiger partial charge in [-0.2, -0.15) is 5.26 Å². The molecule has 0 atom stereocenters. The number of anilines is 1. The number of nitrogens with one attached hydrogen (secondary N) is 1. The van der Waals surface area contributed by atoms with Crippen molar-refractivity contribution in [3.8, 4) is 6.07 Å². The van der Waals surface area contributed by atoms with Gasteiger partial charge in [0.1, 0.15) is 6.07 Å². The number of esters is 1. The van der Waals surface area contributed by atoms with Crippen LogP contribution in [0.4, 0.5) is 5.69 Å². The SMILES string of the molecule is Cc1ccc(C(=O)CCC(=O)OCC(=O)Nc2ccc(C#N)c(Cl)c2)cc1. The highest BCUT2D eigenvalue weighted by atomic mass is 35.5. The van der Waals surface area contributed by atoms with E-state index in [1.807, 2.05) is 25.1 Å². The second kappa shape index (κ2) is 9.51. The maximum absolute atomic E-state index is 12.0. The topological polar surface area (TPSA) is 96.3 Å². The third-order valence-electron chi connectivity index (χ3n) is 3.67. The minimum absolute atomic E-state index is 0.00867. The maximum atomic E-state index is 12.0. The highest BCUT2D eigenvalue weighted by molar-refractivity contribution is 6.32. The Hall–Kier alpha value is -3.17. The minimum atomic E-state index is -0.636. The third-order valence-corrected chi connectivity index (χ3v) is 3.98. The Morgan fingerprint density at radius 1 is 1.11 bits per heavy atom. The van der Waals surface area contributed by atoms with Crippen molar-refractivity contribution in [3.63, 3.8) is 0 Å². The summed E-state index contributed by atoms with van der Waals surface area (Å²) < 4.78 is 4.87. The zero-order chi connectivity index (χ0) is 19.8. The number of hydrogen-bond donors (Lipinski definition) is 1. The van der Waals surface area contributed by atoms with Crippen molar-refractivity contribution in [3.05, 3.63) is 64.2 Å². The average Bonchev–Trinajstić information content (AvgIpc) is 2.65. The molecular formula is C20H17ClN2O4. The molecule has 0 fully saturated rings. The lowest BCUT2D eigenvalue weighted by Crippen LogP contribution is -2.21. The Kier molecular flexibility index (Phi) is 7.09. The first-order valence-corrected chi connectivity index (χ1v) is 8.52. The second-order valence-electron chi connectivity index (χ2n) is 5.80. The van der Waals surface area contributed by atoms with E-state index in [1.54, 1.807) is 12.1 Å². The molecule has 0 aliphatic heterocycles. The number of Topliss-reactive ketones (excluding diaryl/α,β-unsaturated/α-hetero) is 1. The Morgan fingerprint density at radius 2 is 1.81 bits per heavy atom. The van der Waals surface area contributed by atoms with Gasteiger partial charge in [-0.25, -0.2) is 0 Å². The summed E-state index contributed by atoms with van der Waals surface area (Å²) in [5, 5.41) is 11.5. The zero-order valence-corrected chi connectivity index (χ0v) is 15.4. The molecule has 2 aromatic carbocycles. The van der Waals surface area contributed by atoms with E-state index in [4.69, 9.17) is 21.6 Å². The van der Waals surface area contributed by atoms with Crippen LogP contribution >= 0.6 is 11.6 Å². The fourth-order valence-corrected chi connectivity index (χ4v) is 2.42. The molecule has 138 valence electrons. The molecule has 1 amide bonds. The zero-order valence-electron chi connectivity index (χ0n) is 14.6. The Labute approximate surface area is 161 Å². The summed E-state index contributed by atoms with van der Waals surface area (Å²) in [6.45, 7) is 1.44. The van der Waals surface area contributed by atoms with E-state index in [2.05, 4.69) is 5.32 Å². The molecule has 0 aliphatic rings. The van der Waals surface area contributed by atoms with E-state index < -0.39 is 18.5 Å². The molecule has 0 radical (unpaired) electrons. The number of hydrogen-bond acceptors (Lipinski definition) is 5. The molecular weight excluding hydrogens is 368 g/mol. The highest BCUT2D eigenvalue weighted by Crippen LogP contribution is 2.20. The van der Waals surface area contributed by atoms with Gasteiger partial charge in [0.05, 0.1) is 17.0 Å². The second-order valence-corrected chi connectivity index (χ2v) is 6.21. The van der Waals surface area contributed by atoms with Crippen molar-refractivity contribution >= 4 is 34.9 Å². The largest absolute Gasteiger partial charge is 0.456 e. The van der Waals surface area contributed by atoms with Crippen LogP contribution in [0.5, 0.6) is 0 Å². The molecule has 27 heavy (non-hydrogen) atoms. The third kappa shape index (κ3) is 6.24. The van der Waals surface area contributed by atoms with E-state index in [0.717, 1.165) is 5.56 Å². The van der Waals surface area contributed by atoms with Crippen molar-refractivity contribution < 1.29 is 19.1 Å². The molecule has 0 heterocycles. The predicted molar refractivity (Wildman–Crippen MR) is 100 cm³/mol.